The highest BCUT2D eigenvalue weighted by atomic mass is 16.6. The first-order valence-electron chi connectivity index (χ1n) is 9.70. The lowest BCUT2D eigenvalue weighted by atomic mass is 10.1. The molecular formula is C23H23NO5. The minimum Gasteiger partial charge on any atom is -0.449 e. The summed E-state index contributed by atoms with van der Waals surface area (Å²) in [6, 6.07) is 13.2. The molecule has 29 heavy (non-hydrogen) atoms. The Balaban J connectivity index is 1.47. The first kappa shape index (κ1) is 19.2. The van der Waals surface area contributed by atoms with Gasteiger partial charge in [0.15, 0.2) is 6.10 Å². The molecule has 1 atom stereocenters. The van der Waals surface area contributed by atoms with Gasteiger partial charge in [-0.2, -0.15) is 0 Å². The number of anilines is 1. The lowest BCUT2D eigenvalue weighted by Gasteiger charge is -2.14. The fraction of sp³-hybridized carbons (Fsp3) is 0.304. The predicted molar refractivity (Wildman–Crippen MR) is 109 cm³/mol. The Kier molecular flexibility index (Phi) is 5.36. The number of rotatable bonds is 6. The number of ether oxygens (including phenoxy) is 2. The molecule has 1 aliphatic rings. The van der Waals surface area contributed by atoms with Gasteiger partial charge in [-0.25, -0.2) is 4.79 Å². The maximum absolute atomic E-state index is 12.7. The molecule has 2 aromatic carbocycles. The van der Waals surface area contributed by atoms with Gasteiger partial charge in [0, 0.05) is 23.7 Å². The number of nitrogens with one attached hydrogen (secondary N) is 1. The van der Waals surface area contributed by atoms with Crippen molar-refractivity contribution in [1.29, 1.82) is 0 Å². The number of furan rings is 1. The van der Waals surface area contributed by atoms with E-state index in [9.17, 15) is 9.59 Å². The van der Waals surface area contributed by atoms with Crippen LogP contribution in [0, 0.1) is 0 Å². The number of carbonyl (C=O) groups excluding carboxylic acids is 2. The first-order chi connectivity index (χ1) is 14.1. The molecule has 1 heterocycles. The van der Waals surface area contributed by atoms with Crippen LogP contribution in [-0.2, 0) is 33.7 Å². The van der Waals surface area contributed by atoms with Crippen LogP contribution in [-0.4, -0.2) is 25.1 Å². The summed E-state index contributed by atoms with van der Waals surface area (Å²) in [5.41, 5.74) is 4.49. The molecule has 1 amide bonds. The first-order valence-corrected chi connectivity index (χ1v) is 9.70. The molecular weight excluding hydrogens is 370 g/mol. The monoisotopic (exact) mass is 393 g/mol. The Bertz CT molecular complexity index is 1070. The van der Waals surface area contributed by atoms with Crippen LogP contribution in [0.25, 0.3) is 11.0 Å². The molecule has 3 aromatic rings. The minimum atomic E-state index is -0.973. The van der Waals surface area contributed by atoms with E-state index in [1.165, 1.54) is 11.1 Å². The number of para-hydroxylation sites is 1. The van der Waals surface area contributed by atoms with E-state index in [4.69, 9.17) is 13.9 Å². The molecule has 0 saturated carbocycles. The zero-order valence-corrected chi connectivity index (χ0v) is 16.5. The van der Waals surface area contributed by atoms with Crippen molar-refractivity contribution >= 4 is 28.5 Å². The zero-order valence-electron chi connectivity index (χ0n) is 16.5. The van der Waals surface area contributed by atoms with Crippen molar-refractivity contribution in [2.45, 2.75) is 38.9 Å². The van der Waals surface area contributed by atoms with E-state index in [1.807, 2.05) is 36.4 Å². The SMILES string of the molecule is COCc1c(C(=O)O[C@@H](C)C(=O)Nc2ccc3c(c2)CCC3)oc2ccccc12. The Morgan fingerprint density at radius 1 is 1.14 bits per heavy atom. The second-order valence-electron chi connectivity index (χ2n) is 7.21. The number of hydrogen-bond donors (Lipinski definition) is 1. The third-order valence-electron chi connectivity index (χ3n) is 5.19. The molecule has 0 spiro atoms. The van der Waals surface area contributed by atoms with E-state index >= 15 is 0 Å². The fourth-order valence-electron chi connectivity index (χ4n) is 3.71. The van der Waals surface area contributed by atoms with Gasteiger partial charge < -0.3 is 19.2 Å². The largest absolute Gasteiger partial charge is 0.449 e. The molecule has 0 unspecified atom stereocenters. The topological polar surface area (TPSA) is 77.8 Å². The summed E-state index contributed by atoms with van der Waals surface area (Å²) >= 11 is 0. The van der Waals surface area contributed by atoms with Crippen LogP contribution in [0.1, 0.15) is 40.6 Å². The van der Waals surface area contributed by atoms with Gasteiger partial charge in [-0.05, 0) is 55.5 Å². The van der Waals surface area contributed by atoms with E-state index in [0.29, 0.717) is 16.8 Å². The summed E-state index contributed by atoms with van der Waals surface area (Å²) in [4.78, 5) is 25.2. The van der Waals surface area contributed by atoms with Crippen molar-refractivity contribution in [2.24, 2.45) is 0 Å². The smallest absolute Gasteiger partial charge is 0.375 e. The summed E-state index contributed by atoms with van der Waals surface area (Å²) in [5, 5.41) is 3.61. The highest BCUT2D eigenvalue weighted by Crippen LogP contribution is 2.28. The summed E-state index contributed by atoms with van der Waals surface area (Å²) in [7, 11) is 1.55. The fourth-order valence-corrected chi connectivity index (χ4v) is 3.71. The second kappa shape index (κ2) is 8.09. The second-order valence-corrected chi connectivity index (χ2v) is 7.21. The van der Waals surface area contributed by atoms with Crippen molar-refractivity contribution in [3.63, 3.8) is 0 Å². The number of esters is 1. The molecule has 1 aliphatic carbocycles. The van der Waals surface area contributed by atoms with E-state index in [2.05, 4.69) is 5.32 Å². The van der Waals surface area contributed by atoms with Gasteiger partial charge in [0.25, 0.3) is 5.91 Å². The van der Waals surface area contributed by atoms with Crippen LogP contribution in [0.2, 0.25) is 0 Å². The molecule has 150 valence electrons. The maximum Gasteiger partial charge on any atom is 0.375 e. The van der Waals surface area contributed by atoms with Crippen LogP contribution < -0.4 is 5.32 Å². The number of hydrogen-bond acceptors (Lipinski definition) is 5. The highest BCUT2D eigenvalue weighted by Gasteiger charge is 2.26. The van der Waals surface area contributed by atoms with Crippen molar-refractivity contribution in [1.82, 2.24) is 0 Å². The quantitative estimate of drug-likeness (QED) is 0.634. The van der Waals surface area contributed by atoms with Gasteiger partial charge in [0.2, 0.25) is 5.76 Å². The number of amides is 1. The minimum absolute atomic E-state index is 0.0604. The van der Waals surface area contributed by atoms with E-state index in [0.717, 1.165) is 24.6 Å². The molecule has 0 fully saturated rings. The van der Waals surface area contributed by atoms with Gasteiger partial charge in [0.05, 0.1) is 6.61 Å². The van der Waals surface area contributed by atoms with Crippen molar-refractivity contribution in [3.8, 4) is 0 Å². The molecule has 1 N–H and O–H groups in total. The molecule has 6 heteroatoms. The van der Waals surface area contributed by atoms with Gasteiger partial charge in [-0.3, -0.25) is 4.79 Å². The summed E-state index contributed by atoms with van der Waals surface area (Å²) in [6.07, 6.45) is 2.28. The number of benzene rings is 2. The molecule has 4 rings (SSSR count). The number of methoxy groups -OCH3 is 1. The van der Waals surface area contributed by atoms with Gasteiger partial charge in [-0.15, -0.1) is 0 Å². The van der Waals surface area contributed by atoms with Crippen molar-refractivity contribution in [2.75, 3.05) is 12.4 Å². The number of aryl methyl sites for hydroxylation is 2. The standard InChI is InChI=1S/C23H23NO5/c1-14(22(25)24-17-11-10-15-6-5-7-16(15)12-17)28-23(26)21-19(13-27-2)18-8-3-4-9-20(18)29-21/h3-4,8-12,14H,5-7,13H2,1-2H3,(H,24,25)/t14-/m0/s1. The predicted octanol–water partition coefficient (Wildman–Crippen LogP) is 4.25. The number of fused-ring (bicyclic) bond motifs is 2. The van der Waals surface area contributed by atoms with Gasteiger partial charge in [0.1, 0.15) is 5.58 Å². The summed E-state index contributed by atoms with van der Waals surface area (Å²) in [5.74, 6) is -1.02. The Hall–Kier alpha value is -3.12. The molecule has 0 saturated heterocycles. The Labute approximate surface area is 168 Å². The third kappa shape index (κ3) is 3.89. The zero-order chi connectivity index (χ0) is 20.4. The van der Waals surface area contributed by atoms with Crippen LogP contribution >= 0.6 is 0 Å². The van der Waals surface area contributed by atoms with Crippen LogP contribution in [0.4, 0.5) is 5.69 Å². The van der Waals surface area contributed by atoms with Crippen LogP contribution in [0.5, 0.6) is 0 Å². The molecule has 6 nitrogen and oxygen atoms in total. The summed E-state index contributed by atoms with van der Waals surface area (Å²) in [6.45, 7) is 1.75. The Morgan fingerprint density at radius 3 is 2.76 bits per heavy atom. The van der Waals surface area contributed by atoms with E-state index in [1.54, 1.807) is 20.1 Å². The summed E-state index contributed by atoms with van der Waals surface area (Å²) < 4.78 is 16.3. The molecule has 0 aliphatic heterocycles. The van der Waals surface area contributed by atoms with Gasteiger partial charge in [-0.1, -0.05) is 24.3 Å². The molecule has 0 bridgehead atoms. The van der Waals surface area contributed by atoms with E-state index < -0.39 is 12.1 Å². The van der Waals surface area contributed by atoms with Crippen LogP contribution in [0.15, 0.2) is 46.9 Å². The Morgan fingerprint density at radius 2 is 1.93 bits per heavy atom. The van der Waals surface area contributed by atoms with Gasteiger partial charge >= 0.3 is 5.97 Å². The average molecular weight is 393 g/mol. The lowest BCUT2D eigenvalue weighted by molar-refractivity contribution is -0.123. The highest BCUT2D eigenvalue weighted by molar-refractivity contribution is 5.99. The maximum atomic E-state index is 12.7. The molecule has 1 aromatic heterocycles. The lowest BCUT2D eigenvalue weighted by Crippen LogP contribution is -2.30. The number of carbonyl (C=O) groups is 2. The van der Waals surface area contributed by atoms with Crippen molar-refractivity contribution < 1.29 is 23.5 Å². The van der Waals surface area contributed by atoms with E-state index in [-0.39, 0.29) is 18.3 Å². The molecule has 0 radical (unpaired) electrons. The normalized spacial score (nSPS) is 13.9. The van der Waals surface area contributed by atoms with Crippen molar-refractivity contribution in [3.05, 3.63) is 64.9 Å². The third-order valence-corrected chi connectivity index (χ3v) is 5.19. The van der Waals surface area contributed by atoms with Crippen LogP contribution in [0.3, 0.4) is 0 Å². The average Bonchev–Trinajstić information content (AvgIpc) is 3.32.